The highest BCUT2D eigenvalue weighted by atomic mass is 35.5. The molecule has 0 bridgehead atoms. The van der Waals surface area contributed by atoms with E-state index in [1.165, 1.54) is 24.3 Å². The first kappa shape index (κ1) is 25.2. The smallest absolute Gasteiger partial charge is 0.307 e. The zero-order valence-corrected chi connectivity index (χ0v) is 19.8. The predicted molar refractivity (Wildman–Crippen MR) is 129 cm³/mol. The van der Waals surface area contributed by atoms with Gasteiger partial charge >= 0.3 is 5.97 Å². The van der Waals surface area contributed by atoms with E-state index in [9.17, 15) is 18.0 Å². The van der Waals surface area contributed by atoms with Gasteiger partial charge in [0.1, 0.15) is 18.4 Å². The molecule has 1 amide bonds. The Morgan fingerprint density at radius 3 is 2.18 bits per heavy atom. The third kappa shape index (κ3) is 7.31. The summed E-state index contributed by atoms with van der Waals surface area (Å²) in [6.45, 7) is 1.65. The summed E-state index contributed by atoms with van der Waals surface area (Å²) in [7, 11) is -4.06. The van der Waals surface area contributed by atoms with E-state index in [0.717, 1.165) is 5.56 Å². The van der Waals surface area contributed by atoms with Crippen molar-refractivity contribution in [2.75, 3.05) is 11.9 Å². The third-order valence-electron chi connectivity index (χ3n) is 4.75. The molecular formula is C24H23ClN2O6S. The highest BCUT2D eigenvalue weighted by Gasteiger charge is 2.27. The van der Waals surface area contributed by atoms with E-state index in [0.29, 0.717) is 22.0 Å². The number of anilines is 1. The molecule has 0 saturated carbocycles. The number of sulfonamides is 1. The molecule has 0 aliphatic carbocycles. The van der Waals surface area contributed by atoms with Gasteiger partial charge in [0.05, 0.1) is 11.3 Å². The van der Waals surface area contributed by atoms with Crippen LogP contribution in [0.25, 0.3) is 0 Å². The fraction of sp³-hybridized carbons (Fsp3) is 0.167. The number of ether oxygens (including phenoxy) is 1. The zero-order chi connectivity index (χ0) is 24.7. The maximum absolute atomic E-state index is 13.0. The molecule has 3 N–H and O–H groups in total. The molecule has 0 radical (unpaired) electrons. The summed E-state index contributed by atoms with van der Waals surface area (Å²) in [6, 6.07) is 17.6. The third-order valence-corrected chi connectivity index (χ3v) is 6.49. The number of benzene rings is 3. The highest BCUT2D eigenvalue weighted by molar-refractivity contribution is 7.89. The lowest BCUT2D eigenvalue weighted by Gasteiger charge is -2.19. The van der Waals surface area contributed by atoms with Gasteiger partial charge < -0.3 is 15.2 Å². The van der Waals surface area contributed by atoms with Crippen LogP contribution in [0.15, 0.2) is 77.7 Å². The molecule has 34 heavy (non-hydrogen) atoms. The van der Waals surface area contributed by atoms with E-state index in [4.69, 9.17) is 21.4 Å². The second-order valence-electron chi connectivity index (χ2n) is 7.51. The number of halogens is 1. The lowest BCUT2D eigenvalue weighted by atomic mass is 10.1. The summed E-state index contributed by atoms with van der Waals surface area (Å²) in [5.74, 6) is -1.13. The summed E-state index contributed by atoms with van der Waals surface area (Å²) >= 11 is 5.84. The Morgan fingerprint density at radius 2 is 1.59 bits per heavy atom. The van der Waals surface area contributed by atoms with Crippen molar-refractivity contribution in [2.24, 2.45) is 0 Å². The molecule has 8 nitrogen and oxygen atoms in total. The maximum Gasteiger partial charge on any atom is 0.307 e. The van der Waals surface area contributed by atoms with Crippen LogP contribution >= 0.6 is 11.6 Å². The van der Waals surface area contributed by atoms with Crippen molar-refractivity contribution in [1.29, 1.82) is 0 Å². The predicted octanol–water partition coefficient (Wildman–Crippen LogP) is 3.64. The molecule has 0 aliphatic heterocycles. The van der Waals surface area contributed by atoms with Gasteiger partial charge in [-0.2, -0.15) is 4.72 Å². The quantitative estimate of drug-likeness (QED) is 0.389. The van der Waals surface area contributed by atoms with Gasteiger partial charge in [-0.05, 0) is 61.0 Å². The first-order valence-electron chi connectivity index (χ1n) is 10.2. The van der Waals surface area contributed by atoms with Gasteiger partial charge in [-0.25, -0.2) is 8.42 Å². The molecule has 0 fully saturated rings. The van der Waals surface area contributed by atoms with Crippen molar-refractivity contribution in [1.82, 2.24) is 4.72 Å². The number of carboxylic acid groups (broad SMARTS) is 1. The summed E-state index contributed by atoms with van der Waals surface area (Å²) < 4.78 is 33.8. The van der Waals surface area contributed by atoms with Crippen LogP contribution in [0, 0.1) is 6.92 Å². The molecule has 1 unspecified atom stereocenters. The average molecular weight is 503 g/mol. The van der Waals surface area contributed by atoms with E-state index in [1.54, 1.807) is 36.4 Å². The molecule has 1 atom stereocenters. The van der Waals surface area contributed by atoms with E-state index < -0.39 is 27.9 Å². The number of rotatable bonds is 10. The lowest BCUT2D eigenvalue weighted by molar-refractivity contribution is -0.136. The molecule has 3 aromatic carbocycles. The average Bonchev–Trinajstić information content (AvgIpc) is 2.79. The molecule has 10 heteroatoms. The number of carbonyl (C=O) groups is 2. The summed E-state index contributed by atoms with van der Waals surface area (Å²) in [6.07, 6.45) is -0.151. The molecule has 3 rings (SSSR count). The molecule has 0 heterocycles. The molecular weight excluding hydrogens is 480 g/mol. The number of amides is 1. The Bertz CT molecular complexity index is 1240. The van der Waals surface area contributed by atoms with Gasteiger partial charge in [-0.1, -0.05) is 41.4 Å². The van der Waals surface area contributed by atoms with E-state index in [1.807, 2.05) is 19.1 Å². The van der Waals surface area contributed by atoms with E-state index in [-0.39, 0.29) is 17.9 Å². The molecule has 0 aromatic heterocycles. The van der Waals surface area contributed by atoms with Crippen LogP contribution in [0.3, 0.4) is 0 Å². The SMILES string of the molecule is Cc1ccc(OCC(NS(=O)(=O)c2ccc(Cl)cc2)C(=O)Nc2ccc(CC(=O)O)cc2)cc1. The van der Waals surface area contributed by atoms with Crippen LogP contribution in [-0.4, -0.2) is 38.0 Å². The highest BCUT2D eigenvalue weighted by Crippen LogP contribution is 2.17. The number of hydrogen-bond donors (Lipinski definition) is 3. The minimum absolute atomic E-state index is 0.0527. The van der Waals surface area contributed by atoms with Crippen LogP contribution in [0.2, 0.25) is 5.02 Å². The number of carboxylic acids is 1. The van der Waals surface area contributed by atoms with Crippen molar-refractivity contribution in [2.45, 2.75) is 24.3 Å². The van der Waals surface area contributed by atoms with Gasteiger partial charge in [0, 0.05) is 10.7 Å². The first-order chi connectivity index (χ1) is 16.1. The standard InChI is InChI=1S/C24H23ClN2O6S/c1-16-2-10-20(11-3-16)33-15-22(27-34(31,32)21-12-6-18(25)7-13-21)24(30)26-19-8-4-17(5-9-19)14-23(28)29/h2-13,22,27H,14-15H2,1H3,(H,26,30)(H,28,29). The molecule has 3 aromatic rings. The van der Waals surface area contributed by atoms with E-state index in [2.05, 4.69) is 10.0 Å². The minimum Gasteiger partial charge on any atom is -0.491 e. The van der Waals surface area contributed by atoms with Gasteiger partial charge in [-0.3, -0.25) is 9.59 Å². The van der Waals surface area contributed by atoms with Crippen LogP contribution < -0.4 is 14.8 Å². The van der Waals surface area contributed by atoms with Crippen molar-refractivity contribution in [3.63, 3.8) is 0 Å². The van der Waals surface area contributed by atoms with Crippen molar-refractivity contribution >= 4 is 39.2 Å². The van der Waals surface area contributed by atoms with Crippen molar-refractivity contribution < 1.29 is 27.9 Å². The number of aliphatic carboxylic acids is 1. The fourth-order valence-electron chi connectivity index (χ4n) is 2.96. The molecule has 0 saturated heterocycles. The monoisotopic (exact) mass is 502 g/mol. The number of nitrogens with one attached hydrogen (secondary N) is 2. The number of hydrogen-bond acceptors (Lipinski definition) is 5. The number of aryl methyl sites for hydroxylation is 1. The Kier molecular flexibility index (Phi) is 8.27. The Labute approximate surface area is 202 Å². The van der Waals surface area contributed by atoms with Crippen LogP contribution in [0.5, 0.6) is 5.75 Å². The molecule has 0 spiro atoms. The normalized spacial score (nSPS) is 12.1. The Hall–Kier alpha value is -3.40. The summed E-state index contributed by atoms with van der Waals surface area (Å²) in [5.41, 5.74) is 1.97. The molecule has 178 valence electrons. The zero-order valence-electron chi connectivity index (χ0n) is 18.2. The topological polar surface area (TPSA) is 122 Å². The molecule has 0 aliphatic rings. The van der Waals surface area contributed by atoms with Gasteiger partial charge in [0.2, 0.25) is 15.9 Å². The van der Waals surface area contributed by atoms with Gasteiger partial charge in [-0.15, -0.1) is 0 Å². The van der Waals surface area contributed by atoms with Gasteiger partial charge in [0.15, 0.2) is 0 Å². The second kappa shape index (κ2) is 11.1. The minimum atomic E-state index is -4.06. The van der Waals surface area contributed by atoms with Crippen LogP contribution in [-0.2, 0) is 26.0 Å². The first-order valence-corrected chi connectivity index (χ1v) is 12.1. The van der Waals surface area contributed by atoms with Crippen molar-refractivity contribution in [3.05, 3.63) is 88.9 Å². The Balaban J connectivity index is 1.78. The summed E-state index contributed by atoms with van der Waals surface area (Å²) in [5, 5.41) is 11.9. The lowest BCUT2D eigenvalue weighted by Crippen LogP contribution is -2.47. The second-order valence-corrected chi connectivity index (χ2v) is 9.66. The fourth-order valence-corrected chi connectivity index (χ4v) is 4.26. The summed E-state index contributed by atoms with van der Waals surface area (Å²) in [4.78, 5) is 23.8. The van der Waals surface area contributed by atoms with Gasteiger partial charge in [0.25, 0.3) is 0 Å². The maximum atomic E-state index is 13.0. The van der Waals surface area contributed by atoms with E-state index >= 15 is 0 Å². The van der Waals surface area contributed by atoms with Crippen LogP contribution in [0.1, 0.15) is 11.1 Å². The largest absolute Gasteiger partial charge is 0.491 e. The number of carbonyl (C=O) groups excluding carboxylic acids is 1. The Morgan fingerprint density at radius 1 is 0.971 bits per heavy atom. The van der Waals surface area contributed by atoms with Crippen LogP contribution in [0.4, 0.5) is 5.69 Å². The van der Waals surface area contributed by atoms with Crippen molar-refractivity contribution in [3.8, 4) is 5.75 Å².